The largest absolute Gasteiger partial charge is 0.497 e. The number of hydrogen-bond donors (Lipinski definition) is 1. The Hall–Kier alpha value is -2.57. The minimum absolute atomic E-state index is 0.0236. The number of nitrogens with two attached hydrogens (primary N) is 1. The van der Waals surface area contributed by atoms with Crippen molar-refractivity contribution in [2.75, 3.05) is 13.7 Å². The van der Waals surface area contributed by atoms with Crippen LogP contribution in [0.4, 0.5) is 4.39 Å². The highest BCUT2D eigenvalue weighted by atomic mass is 19.1. The highest BCUT2D eigenvalue weighted by Gasteiger charge is 2.38. The van der Waals surface area contributed by atoms with Gasteiger partial charge < -0.3 is 19.8 Å². The van der Waals surface area contributed by atoms with Crippen molar-refractivity contribution < 1.29 is 23.1 Å². The van der Waals surface area contributed by atoms with E-state index in [0.717, 1.165) is 5.39 Å². The van der Waals surface area contributed by atoms with Crippen molar-refractivity contribution in [1.29, 1.82) is 0 Å². The monoisotopic (exact) mass is 320 g/mol. The topological polar surface area (TPSA) is 85.8 Å². The minimum Gasteiger partial charge on any atom is -0.497 e. The van der Waals surface area contributed by atoms with Crippen molar-refractivity contribution >= 4 is 22.8 Å². The second-order valence-electron chi connectivity index (χ2n) is 5.60. The Morgan fingerprint density at radius 1 is 1.48 bits per heavy atom. The van der Waals surface area contributed by atoms with Gasteiger partial charge in [-0.05, 0) is 12.1 Å². The van der Waals surface area contributed by atoms with E-state index in [9.17, 15) is 14.0 Å². The van der Waals surface area contributed by atoms with Gasteiger partial charge in [-0.2, -0.15) is 0 Å². The molecular weight excluding hydrogens is 303 g/mol. The number of halogens is 1. The van der Waals surface area contributed by atoms with Gasteiger partial charge in [0.2, 0.25) is 11.8 Å². The zero-order valence-electron chi connectivity index (χ0n) is 12.6. The number of carbonyl (C=O) groups is 2. The van der Waals surface area contributed by atoms with E-state index >= 15 is 0 Å². The number of nitrogens with zero attached hydrogens (tertiary/aromatic N) is 1. The van der Waals surface area contributed by atoms with Gasteiger partial charge in [0.15, 0.2) is 0 Å². The third-order valence-electron chi connectivity index (χ3n) is 4.10. The van der Waals surface area contributed by atoms with Crippen LogP contribution in [0.15, 0.2) is 28.9 Å². The number of hydrogen-bond acceptors (Lipinski definition) is 4. The first-order valence-electron chi connectivity index (χ1n) is 7.26. The molecule has 2 atom stereocenters. The summed E-state index contributed by atoms with van der Waals surface area (Å²) in [4.78, 5) is 25.0. The summed E-state index contributed by atoms with van der Waals surface area (Å²) in [6, 6.07) is 4.41. The number of fused-ring (bicyclic) bond motifs is 1. The molecule has 2 aromatic rings. The Balaban J connectivity index is 1.81. The molecule has 2 amide bonds. The number of likely N-dealkylation sites (tertiary alicyclic amines) is 1. The van der Waals surface area contributed by atoms with E-state index < -0.39 is 18.1 Å². The average molecular weight is 320 g/mol. The van der Waals surface area contributed by atoms with Crippen LogP contribution in [0.5, 0.6) is 5.75 Å². The summed E-state index contributed by atoms with van der Waals surface area (Å²) >= 11 is 0. The highest BCUT2D eigenvalue weighted by molar-refractivity contribution is 5.91. The van der Waals surface area contributed by atoms with Crippen LogP contribution < -0.4 is 10.5 Å². The first-order valence-corrected chi connectivity index (χ1v) is 7.26. The Morgan fingerprint density at radius 2 is 2.26 bits per heavy atom. The quantitative estimate of drug-likeness (QED) is 0.923. The van der Waals surface area contributed by atoms with Crippen LogP contribution in [-0.4, -0.2) is 42.6 Å². The Bertz CT molecular complexity index is 758. The molecule has 0 saturated carbocycles. The summed E-state index contributed by atoms with van der Waals surface area (Å²) < 4.78 is 24.1. The summed E-state index contributed by atoms with van der Waals surface area (Å²) in [7, 11) is 1.55. The number of furan rings is 1. The molecular formula is C16H17FN2O4. The van der Waals surface area contributed by atoms with E-state index in [0.29, 0.717) is 16.9 Å². The van der Waals surface area contributed by atoms with Crippen LogP contribution in [-0.2, 0) is 16.0 Å². The van der Waals surface area contributed by atoms with Crippen LogP contribution in [0.2, 0.25) is 0 Å². The average Bonchev–Trinajstić information content (AvgIpc) is 3.10. The maximum Gasteiger partial charge on any atom is 0.240 e. The van der Waals surface area contributed by atoms with E-state index in [2.05, 4.69) is 0 Å². The lowest BCUT2D eigenvalue weighted by Crippen LogP contribution is -2.44. The van der Waals surface area contributed by atoms with Crippen molar-refractivity contribution in [3.05, 3.63) is 30.0 Å². The van der Waals surface area contributed by atoms with E-state index in [4.69, 9.17) is 14.9 Å². The van der Waals surface area contributed by atoms with E-state index in [1.807, 2.05) is 0 Å². The molecule has 6 nitrogen and oxygen atoms in total. The van der Waals surface area contributed by atoms with Gasteiger partial charge in [-0.1, -0.05) is 0 Å². The summed E-state index contributed by atoms with van der Waals surface area (Å²) in [6.45, 7) is -0.101. The zero-order valence-corrected chi connectivity index (χ0v) is 12.6. The van der Waals surface area contributed by atoms with Crippen molar-refractivity contribution in [3.8, 4) is 5.75 Å². The summed E-state index contributed by atoms with van der Waals surface area (Å²) in [6.07, 6.45) is 0.256. The fourth-order valence-corrected chi connectivity index (χ4v) is 2.92. The molecule has 23 heavy (non-hydrogen) atoms. The summed E-state index contributed by atoms with van der Waals surface area (Å²) in [5, 5.41) is 0.783. The molecule has 3 rings (SSSR count). The molecule has 0 radical (unpaired) electrons. The first kappa shape index (κ1) is 15.3. The predicted molar refractivity (Wildman–Crippen MR) is 80.7 cm³/mol. The van der Waals surface area contributed by atoms with Gasteiger partial charge in [-0.25, -0.2) is 4.39 Å². The minimum atomic E-state index is -1.22. The molecule has 2 heterocycles. The molecule has 0 spiro atoms. The fraction of sp³-hybridized carbons (Fsp3) is 0.375. The normalized spacial score (nSPS) is 20.9. The van der Waals surface area contributed by atoms with Crippen LogP contribution in [0.3, 0.4) is 0 Å². The van der Waals surface area contributed by atoms with Crippen LogP contribution in [0, 0.1) is 0 Å². The number of alkyl halides is 1. The number of carbonyl (C=O) groups excluding carboxylic acids is 2. The third kappa shape index (κ3) is 2.86. The molecule has 1 saturated heterocycles. The van der Waals surface area contributed by atoms with Gasteiger partial charge in [0.1, 0.15) is 23.5 Å². The van der Waals surface area contributed by atoms with Crippen molar-refractivity contribution in [1.82, 2.24) is 4.90 Å². The fourth-order valence-electron chi connectivity index (χ4n) is 2.92. The number of methoxy groups -OCH3 is 1. The van der Waals surface area contributed by atoms with E-state index in [1.165, 1.54) is 11.2 Å². The molecule has 0 unspecified atom stereocenters. The maximum absolute atomic E-state index is 13.5. The lowest BCUT2D eigenvalue weighted by molar-refractivity contribution is -0.136. The Morgan fingerprint density at radius 3 is 2.96 bits per heavy atom. The molecule has 1 aliphatic heterocycles. The molecule has 0 bridgehead atoms. The zero-order chi connectivity index (χ0) is 16.6. The number of primary amides is 1. The van der Waals surface area contributed by atoms with Gasteiger partial charge >= 0.3 is 0 Å². The summed E-state index contributed by atoms with van der Waals surface area (Å²) in [5.41, 5.74) is 6.53. The van der Waals surface area contributed by atoms with E-state index in [-0.39, 0.29) is 25.3 Å². The van der Waals surface area contributed by atoms with Gasteiger partial charge in [-0.3, -0.25) is 9.59 Å². The van der Waals surface area contributed by atoms with E-state index in [1.54, 1.807) is 25.3 Å². The van der Waals surface area contributed by atoms with Crippen molar-refractivity contribution in [3.63, 3.8) is 0 Å². The maximum atomic E-state index is 13.5. The molecule has 7 heteroatoms. The molecule has 1 aromatic heterocycles. The van der Waals surface area contributed by atoms with Crippen molar-refractivity contribution in [2.24, 2.45) is 5.73 Å². The second-order valence-corrected chi connectivity index (χ2v) is 5.60. The number of ether oxygens (including phenoxy) is 1. The smallest absolute Gasteiger partial charge is 0.240 e. The highest BCUT2D eigenvalue weighted by Crippen LogP contribution is 2.27. The van der Waals surface area contributed by atoms with Gasteiger partial charge in [0, 0.05) is 23.4 Å². The Kier molecular flexibility index (Phi) is 3.94. The molecule has 122 valence electrons. The molecule has 1 aromatic carbocycles. The lowest BCUT2D eigenvalue weighted by Gasteiger charge is -2.21. The third-order valence-corrected chi connectivity index (χ3v) is 4.10. The van der Waals surface area contributed by atoms with Gasteiger partial charge in [0.25, 0.3) is 0 Å². The van der Waals surface area contributed by atoms with Gasteiger partial charge in [-0.15, -0.1) is 0 Å². The lowest BCUT2D eigenvalue weighted by atomic mass is 10.1. The number of rotatable bonds is 4. The number of benzene rings is 1. The molecule has 1 fully saturated rings. The SMILES string of the molecule is COc1ccc2c(CC(=O)N3C[C@H](F)C[C@H]3C(N)=O)coc2c1. The van der Waals surface area contributed by atoms with Crippen molar-refractivity contribution in [2.45, 2.75) is 25.1 Å². The summed E-state index contributed by atoms with van der Waals surface area (Å²) in [5.74, 6) is -0.369. The second kappa shape index (κ2) is 5.91. The standard InChI is InChI=1S/C16H17FN2O4/c1-22-11-2-3-12-9(8-23-14(12)6-11)4-15(20)19-7-10(17)5-13(19)16(18)21/h2-3,6,8,10,13H,4-5,7H2,1H3,(H2,18,21)/t10-,13+/m1/s1. The van der Waals surface area contributed by atoms with Crippen LogP contribution in [0.25, 0.3) is 11.0 Å². The van der Waals surface area contributed by atoms with Gasteiger partial charge in [0.05, 0.1) is 26.3 Å². The first-order chi connectivity index (χ1) is 11.0. The number of amides is 2. The van der Waals surface area contributed by atoms with Crippen LogP contribution in [0.1, 0.15) is 12.0 Å². The van der Waals surface area contributed by atoms with Crippen LogP contribution >= 0.6 is 0 Å². The predicted octanol–water partition coefficient (Wildman–Crippen LogP) is 1.41. The molecule has 2 N–H and O–H groups in total. The Labute approximate surface area is 132 Å². The molecule has 1 aliphatic rings. The molecule has 0 aliphatic carbocycles.